The lowest BCUT2D eigenvalue weighted by Crippen LogP contribution is -2.62. The molecule has 8 rings (SSSR count). The van der Waals surface area contributed by atoms with Crippen LogP contribution in [0.1, 0.15) is 137 Å². The lowest BCUT2D eigenvalue weighted by atomic mass is 9.73. The van der Waals surface area contributed by atoms with Gasteiger partial charge in [-0.05, 0) is 106 Å². The number of hydrogen-bond donors (Lipinski definition) is 4. The molecule has 58 heavy (non-hydrogen) atoms. The molecule has 0 aromatic rings. The second-order valence-electron chi connectivity index (χ2n) is 21.3. The van der Waals surface area contributed by atoms with Gasteiger partial charge < -0.3 is 20.9 Å². The second-order valence-corrected chi connectivity index (χ2v) is 23.2. The molecule has 2 saturated heterocycles. The van der Waals surface area contributed by atoms with E-state index in [1.807, 2.05) is 20.8 Å². The molecular weight excluding hydrogens is 757 g/mol. The number of sulfonamides is 1. The summed E-state index contributed by atoms with van der Waals surface area (Å²) in [5.41, 5.74) is -2.54. The first-order chi connectivity index (χ1) is 27.3. The maximum Gasteiger partial charge on any atom is 0.259 e. The molecule has 7 atom stereocenters. The molecule has 2 heterocycles. The fourth-order valence-electron chi connectivity index (χ4n) is 12.3. The highest BCUT2D eigenvalue weighted by atomic mass is 32.2. The van der Waals surface area contributed by atoms with Gasteiger partial charge >= 0.3 is 0 Å². The van der Waals surface area contributed by atoms with Gasteiger partial charge in [0, 0.05) is 30.5 Å². The van der Waals surface area contributed by atoms with Crippen molar-refractivity contribution in [3.63, 3.8) is 0 Å². The SMILES string of the molecule is C=C[C@@H]1C[C@]1(NC(=O)[C@@H]1C[C@@]2(CN1C(=O)[C@@H](NC(=O)[C@@H](NC(=O)[C@@H]1CCCN(C3CC3)C1)C(C)(C)C)C1CCCCC1)C(C)(C)C21CCC1)C(=O)NS(=O)(=O)C1CC1. The van der Waals surface area contributed by atoms with E-state index in [1.165, 1.54) is 12.8 Å². The molecule has 0 unspecified atom stereocenters. The molecule has 2 spiro atoms. The summed E-state index contributed by atoms with van der Waals surface area (Å²) in [4.78, 5) is 76.3. The van der Waals surface area contributed by atoms with Crippen LogP contribution in [-0.4, -0.2) is 102 Å². The van der Waals surface area contributed by atoms with Crippen molar-refractivity contribution in [1.29, 1.82) is 0 Å². The maximum absolute atomic E-state index is 15.4. The fraction of sp³-hybridized carbons (Fsp3) is 0.841. The summed E-state index contributed by atoms with van der Waals surface area (Å²) in [6.07, 6.45) is 14.8. The highest BCUT2D eigenvalue weighted by Crippen LogP contribution is 2.88. The first kappa shape index (κ1) is 41.7. The van der Waals surface area contributed by atoms with Gasteiger partial charge in [-0.2, -0.15) is 0 Å². The predicted molar refractivity (Wildman–Crippen MR) is 219 cm³/mol. The Kier molecular flexibility index (Phi) is 10.5. The Hall–Kier alpha value is -3.00. The highest BCUT2D eigenvalue weighted by molar-refractivity contribution is 7.91. The molecule has 2 aliphatic heterocycles. The first-order valence-corrected chi connectivity index (χ1v) is 24.0. The van der Waals surface area contributed by atoms with Crippen LogP contribution in [0.3, 0.4) is 0 Å². The largest absolute Gasteiger partial charge is 0.344 e. The third-order valence-corrected chi connectivity index (χ3v) is 18.5. The van der Waals surface area contributed by atoms with Gasteiger partial charge in [0.05, 0.1) is 11.2 Å². The zero-order valence-corrected chi connectivity index (χ0v) is 36.3. The topological polar surface area (TPSA) is 174 Å². The molecular formula is C44H68N6O7S. The van der Waals surface area contributed by atoms with Crippen LogP contribution >= 0.6 is 0 Å². The Bertz CT molecular complexity index is 1830. The first-order valence-electron chi connectivity index (χ1n) is 22.5. The normalized spacial score (nSPS) is 34.0. The van der Waals surface area contributed by atoms with Gasteiger partial charge in [0.1, 0.15) is 23.7 Å². The summed E-state index contributed by atoms with van der Waals surface area (Å²) >= 11 is 0. The standard InChI is InChI=1S/C44H68N6O7S/c1-7-29-23-44(29,39(55)48-58(56,57)31-18-19-31)47-36(52)32-24-43(41(5,6)42(43)20-12-21-42)26-50(32)38(54)33(27-13-9-8-10-14-27)45-37(53)34(40(2,3)4)46-35(51)28-15-11-22-49(25-28)30-16-17-30/h7,27-34H,1,8-26H2,2-6H3,(H,45,53)(H,46,51)(H,47,52)(H,48,55)/t28-,29-,32+,33+,34-,43-,44-/m1/s1. The van der Waals surface area contributed by atoms with E-state index in [-0.39, 0.29) is 46.3 Å². The molecule has 13 nitrogen and oxygen atoms in total. The Morgan fingerprint density at radius 1 is 0.828 bits per heavy atom. The summed E-state index contributed by atoms with van der Waals surface area (Å²) in [6.45, 7) is 16.2. The maximum atomic E-state index is 15.4. The quantitative estimate of drug-likeness (QED) is 0.202. The molecule has 0 radical (unpaired) electrons. The van der Waals surface area contributed by atoms with Crippen LogP contribution in [0, 0.1) is 39.4 Å². The van der Waals surface area contributed by atoms with Gasteiger partial charge in [-0.3, -0.25) is 33.6 Å². The lowest BCUT2D eigenvalue weighted by molar-refractivity contribution is -0.144. The summed E-state index contributed by atoms with van der Waals surface area (Å²) in [5.74, 6) is -2.85. The van der Waals surface area contributed by atoms with Crippen LogP contribution < -0.4 is 20.7 Å². The van der Waals surface area contributed by atoms with Gasteiger partial charge in [0.15, 0.2) is 0 Å². The number of carbonyl (C=O) groups is 5. The zero-order valence-electron chi connectivity index (χ0n) is 35.5. The van der Waals surface area contributed by atoms with E-state index >= 15 is 4.79 Å². The number of hydrogen-bond acceptors (Lipinski definition) is 8. The summed E-state index contributed by atoms with van der Waals surface area (Å²) in [5, 5.41) is 8.71. The molecule has 8 aliphatic rings. The number of nitrogens with one attached hydrogen (secondary N) is 4. The predicted octanol–water partition coefficient (Wildman–Crippen LogP) is 3.92. The molecule has 4 N–H and O–H groups in total. The van der Waals surface area contributed by atoms with Crippen LogP contribution in [0.25, 0.3) is 0 Å². The van der Waals surface area contributed by atoms with E-state index in [2.05, 4.69) is 46.0 Å². The number of fused-ring (bicyclic) bond motifs is 1. The summed E-state index contributed by atoms with van der Waals surface area (Å²) in [7, 11) is -3.86. The third-order valence-electron chi connectivity index (χ3n) is 16.6. The Balaban J connectivity index is 1.05. The summed E-state index contributed by atoms with van der Waals surface area (Å²) in [6, 6.07) is -2.13. The van der Waals surface area contributed by atoms with Crippen molar-refractivity contribution < 1.29 is 32.4 Å². The second kappa shape index (κ2) is 14.6. The minimum Gasteiger partial charge on any atom is -0.344 e. The average Bonchev–Trinajstić information content (AvgIpc) is 4.00. The van der Waals surface area contributed by atoms with Crippen molar-refractivity contribution in [2.75, 3.05) is 19.6 Å². The molecule has 0 bridgehead atoms. The number of likely N-dealkylation sites (tertiary alicyclic amines) is 2. The van der Waals surface area contributed by atoms with Crippen molar-refractivity contribution in [3.8, 4) is 0 Å². The van der Waals surface area contributed by atoms with Gasteiger partial charge in [-0.15, -0.1) is 6.58 Å². The minimum atomic E-state index is -3.86. The lowest BCUT2D eigenvalue weighted by Gasteiger charge is -2.38. The zero-order chi connectivity index (χ0) is 41.6. The number of rotatable bonds is 13. The van der Waals surface area contributed by atoms with E-state index in [1.54, 1.807) is 11.0 Å². The molecule has 0 aromatic heterocycles. The van der Waals surface area contributed by atoms with Crippen molar-refractivity contribution in [2.24, 2.45) is 39.4 Å². The van der Waals surface area contributed by atoms with Gasteiger partial charge in [-0.1, -0.05) is 66.4 Å². The van der Waals surface area contributed by atoms with Crippen molar-refractivity contribution in [3.05, 3.63) is 12.7 Å². The van der Waals surface area contributed by atoms with Crippen LogP contribution in [0.5, 0.6) is 0 Å². The number of nitrogens with zero attached hydrogens (tertiary/aromatic N) is 2. The van der Waals surface area contributed by atoms with Gasteiger partial charge in [0.2, 0.25) is 33.7 Å². The van der Waals surface area contributed by atoms with E-state index in [4.69, 9.17) is 0 Å². The Morgan fingerprint density at radius 3 is 2.07 bits per heavy atom. The van der Waals surface area contributed by atoms with Crippen LogP contribution in [-0.2, 0) is 34.0 Å². The molecule has 322 valence electrons. The number of piperidine rings is 1. The number of amides is 5. The third kappa shape index (κ3) is 7.01. The van der Waals surface area contributed by atoms with Crippen LogP contribution in [0.4, 0.5) is 0 Å². The average molecular weight is 825 g/mol. The van der Waals surface area contributed by atoms with Crippen LogP contribution in [0.2, 0.25) is 0 Å². The van der Waals surface area contributed by atoms with E-state index < -0.39 is 68.0 Å². The van der Waals surface area contributed by atoms with Crippen LogP contribution in [0.15, 0.2) is 12.7 Å². The Labute approximate surface area is 345 Å². The monoisotopic (exact) mass is 824 g/mol. The number of carbonyl (C=O) groups excluding carboxylic acids is 5. The van der Waals surface area contributed by atoms with Gasteiger partial charge in [0.25, 0.3) is 5.91 Å². The molecule has 6 saturated carbocycles. The minimum absolute atomic E-state index is 0.00357. The van der Waals surface area contributed by atoms with Crippen molar-refractivity contribution >= 4 is 39.6 Å². The molecule has 5 amide bonds. The molecule has 8 fully saturated rings. The fourth-order valence-corrected chi connectivity index (χ4v) is 13.6. The summed E-state index contributed by atoms with van der Waals surface area (Å²) < 4.78 is 28.0. The van der Waals surface area contributed by atoms with Crippen molar-refractivity contribution in [2.45, 2.75) is 172 Å². The van der Waals surface area contributed by atoms with E-state index in [0.29, 0.717) is 38.4 Å². The van der Waals surface area contributed by atoms with Gasteiger partial charge in [-0.25, -0.2) is 8.42 Å². The molecule has 14 heteroatoms. The van der Waals surface area contributed by atoms with Crippen molar-refractivity contribution in [1.82, 2.24) is 30.5 Å². The molecule has 6 aliphatic carbocycles. The van der Waals surface area contributed by atoms with E-state index in [9.17, 15) is 27.6 Å². The highest BCUT2D eigenvalue weighted by Gasteiger charge is 2.85. The van der Waals surface area contributed by atoms with E-state index in [0.717, 1.165) is 70.8 Å². The smallest absolute Gasteiger partial charge is 0.259 e. The Morgan fingerprint density at radius 2 is 1.52 bits per heavy atom. The molecule has 0 aromatic carbocycles.